The Kier molecular flexibility index (Phi) is 5.13. The van der Waals surface area contributed by atoms with E-state index in [0.29, 0.717) is 34.9 Å². The van der Waals surface area contributed by atoms with Crippen molar-refractivity contribution in [1.29, 1.82) is 0 Å². The second-order valence-electron chi connectivity index (χ2n) is 6.79. The van der Waals surface area contributed by atoms with E-state index in [1.807, 2.05) is 17.0 Å². The van der Waals surface area contributed by atoms with E-state index >= 15 is 0 Å². The highest BCUT2D eigenvalue weighted by molar-refractivity contribution is 6.31. The van der Waals surface area contributed by atoms with Gasteiger partial charge in [-0.25, -0.2) is 0 Å². The molecule has 0 bridgehead atoms. The van der Waals surface area contributed by atoms with Crippen LogP contribution in [0, 0.1) is 0 Å². The van der Waals surface area contributed by atoms with Gasteiger partial charge in [-0.15, -0.1) is 0 Å². The molecule has 3 aromatic carbocycles. The molecule has 4 rings (SSSR count). The lowest BCUT2D eigenvalue weighted by Crippen LogP contribution is -2.36. The molecule has 0 spiro atoms. The van der Waals surface area contributed by atoms with E-state index < -0.39 is 0 Å². The van der Waals surface area contributed by atoms with Crippen LogP contribution in [0.15, 0.2) is 72.8 Å². The quantitative estimate of drug-likeness (QED) is 0.698. The number of anilines is 1. The smallest absolute Gasteiger partial charge is 0.255 e. The fourth-order valence-corrected chi connectivity index (χ4v) is 3.60. The first-order valence-electron chi connectivity index (χ1n) is 9.13. The Balaban J connectivity index is 1.50. The number of hydrogen-bond donors (Lipinski definition) is 1. The molecule has 1 heterocycles. The number of carbonyl (C=O) groups excluding carboxylic acids is 2. The van der Waals surface area contributed by atoms with E-state index in [1.165, 1.54) is 11.1 Å². The molecule has 140 valence electrons. The molecule has 1 aliphatic rings. The minimum atomic E-state index is -0.277. The van der Waals surface area contributed by atoms with E-state index in [9.17, 15) is 9.59 Å². The van der Waals surface area contributed by atoms with Gasteiger partial charge in [0.25, 0.3) is 11.8 Å². The number of halogens is 1. The summed E-state index contributed by atoms with van der Waals surface area (Å²) in [6.45, 7) is 1.27. The van der Waals surface area contributed by atoms with Crippen LogP contribution in [0.3, 0.4) is 0 Å². The molecule has 2 amide bonds. The zero-order valence-electron chi connectivity index (χ0n) is 15.2. The summed E-state index contributed by atoms with van der Waals surface area (Å²) in [5, 5.41) is 3.36. The number of rotatable bonds is 3. The van der Waals surface area contributed by atoms with E-state index in [1.54, 1.807) is 48.5 Å². The number of nitrogens with zero attached hydrogens (tertiary/aromatic N) is 1. The first-order chi connectivity index (χ1) is 13.6. The average Bonchev–Trinajstić information content (AvgIpc) is 2.73. The molecule has 28 heavy (non-hydrogen) atoms. The lowest BCUT2D eigenvalue weighted by molar-refractivity contribution is 0.0734. The summed E-state index contributed by atoms with van der Waals surface area (Å²) in [5.74, 6) is -0.340. The molecule has 5 heteroatoms. The maximum atomic E-state index is 13.0. The largest absolute Gasteiger partial charge is 0.334 e. The van der Waals surface area contributed by atoms with Crippen LogP contribution in [0.1, 0.15) is 31.8 Å². The molecule has 0 saturated carbocycles. The minimum absolute atomic E-state index is 0.0630. The predicted molar refractivity (Wildman–Crippen MR) is 111 cm³/mol. The van der Waals surface area contributed by atoms with Crippen LogP contribution in [-0.2, 0) is 13.0 Å². The van der Waals surface area contributed by atoms with Crippen LogP contribution in [0.25, 0.3) is 0 Å². The summed E-state index contributed by atoms with van der Waals surface area (Å²) < 4.78 is 0. The summed E-state index contributed by atoms with van der Waals surface area (Å²) in [6.07, 6.45) is 0.844. The molecule has 0 atom stereocenters. The van der Waals surface area contributed by atoms with E-state index in [2.05, 4.69) is 17.4 Å². The van der Waals surface area contributed by atoms with Gasteiger partial charge in [0.15, 0.2) is 0 Å². The lowest BCUT2D eigenvalue weighted by Gasteiger charge is -2.29. The number of nitrogens with one attached hydrogen (secondary N) is 1. The van der Waals surface area contributed by atoms with Gasteiger partial charge in [0.1, 0.15) is 0 Å². The van der Waals surface area contributed by atoms with Gasteiger partial charge in [-0.05, 0) is 53.9 Å². The van der Waals surface area contributed by atoms with E-state index in [4.69, 9.17) is 11.6 Å². The molecule has 0 saturated heterocycles. The van der Waals surface area contributed by atoms with Crippen LogP contribution in [0.4, 0.5) is 5.69 Å². The zero-order chi connectivity index (χ0) is 19.5. The van der Waals surface area contributed by atoms with Crippen molar-refractivity contribution >= 4 is 29.1 Å². The summed E-state index contributed by atoms with van der Waals surface area (Å²) in [6, 6.07) is 22.0. The minimum Gasteiger partial charge on any atom is -0.334 e. The number of carbonyl (C=O) groups is 2. The highest BCUT2D eigenvalue weighted by atomic mass is 35.5. The summed E-state index contributed by atoms with van der Waals surface area (Å²) in [5.41, 5.74) is 4.03. The van der Waals surface area contributed by atoms with Crippen molar-refractivity contribution in [3.63, 3.8) is 0 Å². The van der Waals surface area contributed by atoms with Gasteiger partial charge in [0, 0.05) is 34.9 Å². The topological polar surface area (TPSA) is 49.4 Å². The summed E-state index contributed by atoms with van der Waals surface area (Å²) in [4.78, 5) is 27.4. The summed E-state index contributed by atoms with van der Waals surface area (Å²) in [7, 11) is 0. The van der Waals surface area contributed by atoms with Gasteiger partial charge in [-0.1, -0.05) is 48.0 Å². The Morgan fingerprint density at radius 3 is 2.43 bits per heavy atom. The molecule has 0 aromatic heterocycles. The van der Waals surface area contributed by atoms with E-state index in [-0.39, 0.29) is 11.8 Å². The lowest BCUT2D eigenvalue weighted by atomic mass is 9.99. The highest BCUT2D eigenvalue weighted by Gasteiger charge is 2.22. The van der Waals surface area contributed by atoms with Crippen LogP contribution < -0.4 is 5.32 Å². The Morgan fingerprint density at radius 1 is 0.857 bits per heavy atom. The van der Waals surface area contributed by atoms with Crippen LogP contribution in [0.2, 0.25) is 5.02 Å². The van der Waals surface area contributed by atoms with Crippen molar-refractivity contribution in [3.8, 4) is 0 Å². The van der Waals surface area contributed by atoms with Crippen molar-refractivity contribution in [1.82, 2.24) is 4.90 Å². The molecule has 3 aromatic rings. The average molecular weight is 391 g/mol. The second-order valence-corrected chi connectivity index (χ2v) is 7.23. The molecule has 0 radical (unpaired) electrons. The molecule has 0 fully saturated rings. The molecule has 1 N–H and O–H groups in total. The predicted octanol–water partition coefficient (Wildman–Crippen LogP) is 4.79. The van der Waals surface area contributed by atoms with Crippen LogP contribution >= 0.6 is 11.6 Å². The fraction of sp³-hybridized carbons (Fsp3) is 0.130. The SMILES string of the molecule is O=C(Nc1cccc(Cl)c1)c1cccc(C(=O)N2CCc3ccccc3C2)c1. The second kappa shape index (κ2) is 7.87. The Labute approximate surface area is 168 Å². The molecule has 0 unspecified atom stereocenters. The Hall–Kier alpha value is -3.11. The molecule has 1 aliphatic heterocycles. The van der Waals surface area contributed by atoms with Gasteiger partial charge in [-0.2, -0.15) is 0 Å². The first-order valence-corrected chi connectivity index (χ1v) is 9.51. The van der Waals surface area contributed by atoms with Gasteiger partial charge in [0.05, 0.1) is 0 Å². The van der Waals surface area contributed by atoms with Crippen molar-refractivity contribution in [3.05, 3.63) is 100 Å². The third-order valence-electron chi connectivity index (χ3n) is 4.87. The molecular weight excluding hydrogens is 372 g/mol. The standard InChI is InChI=1S/C23H19ClN2O2/c24-20-9-4-10-21(14-20)25-22(27)17-7-3-8-18(13-17)23(28)26-12-11-16-5-1-2-6-19(16)15-26/h1-10,13-14H,11-12,15H2,(H,25,27). The van der Waals surface area contributed by atoms with E-state index in [0.717, 1.165) is 6.42 Å². The zero-order valence-corrected chi connectivity index (χ0v) is 15.9. The monoisotopic (exact) mass is 390 g/mol. The molecule has 0 aliphatic carbocycles. The number of fused-ring (bicyclic) bond motifs is 1. The Morgan fingerprint density at radius 2 is 1.61 bits per heavy atom. The van der Waals surface area contributed by atoms with Crippen molar-refractivity contribution in [2.75, 3.05) is 11.9 Å². The third-order valence-corrected chi connectivity index (χ3v) is 5.11. The fourth-order valence-electron chi connectivity index (χ4n) is 3.41. The number of amides is 2. The van der Waals surface area contributed by atoms with Crippen LogP contribution in [0.5, 0.6) is 0 Å². The van der Waals surface area contributed by atoms with Gasteiger partial charge in [-0.3, -0.25) is 9.59 Å². The van der Waals surface area contributed by atoms with Crippen molar-refractivity contribution in [2.24, 2.45) is 0 Å². The molecular formula is C23H19ClN2O2. The number of benzene rings is 3. The van der Waals surface area contributed by atoms with Crippen molar-refractivity contribution < 1.29 is 9.59 Å². The van der Waals surface area contributed by atoms with Gasteiger partial charge < -0.3 is 10.2 Å². The highest BCUT2D eigenvalue weighted by Crippen LogP contribution is 2.21. The van der Waals surface area contributed by atoms with Crippen LogP contribution in [-0.4, -0.2) is 23.3 Å². The summed E-state index contributed by atoms with van der Waals surface area (Å²) >= 11 is 5.96. The van der Waals surface area contributed by atoms with Crippen molar-refractivity contribution in [2.45, 2.75) is 13.0 Å². The normalized spacial score (nSPS) is 13.0. The first kappa shape index (κ1) is 18.3. The maximum Gasteiger partial charge on any atom is 0.255 e. The third kappa shape index (κ3) is 3.92. The van der Waals surface area contributed by atoms with Gasteiger partial charge in [0.2, 0.25) is 0 Å². The molecule has 4 nitrogen and oxygen atoms in total. The maximum absolute atomic E-state index is 13.0. The van der Waals surface area contributed by atoms with Gasteiger partial charge >= 0.3 is 0 Å². The number of hydrogen-bond acceptors (Lipinski definition) is 2. The Bertz CT molecular complexity index is 1050.